The molecule has 1 aliphatic rings. The molecule has 1 N–H and O–H groups in total. The molecule has 0 bridgehead atoms. The Bertz CT molecular complexity index is 685. The van der Waals surface area contributed by atoms with E-state index in [1.165, 1.54) is 0 Å². The summed E-state index contributed by atoms with van der Waals surface area (Å²) in [5, 5.41) is 3.20. The van der Waals surface area contributed by atoms with E-state index in [1.54, 1.807) is 12.1 Å². The largest absolute Gasteiger partial charge is 0.485 e. The van der Waals surface area contributed by atoms with E-state index in [2.05, 4.69) is 10.3 Å². The number of hydrogen-bond acceptors (Lipinski definition) is 4. The first kappa shape index (κ1) is 14.7. The summed E-state index contributed by atoms with van der Waals surface area (Å²) in [5.41, 5.74) is 1.70. The van der Waals surface area contributed by atoms with Gasteiger partial charge >= 0.3 is 0 Å². The van der Waals surface area contributed by atoms with Gasteiger partial charge in [0.1, 0.15) is 11.8 Å². The zero-order chi connectivity index (χ0) is 15.5. The number of carbonyl (C=O) groups excluding carboxylic acids is 1. The fraction of sp³-hybridized carbons (Fsp3) is 0.250. The van der Waals surface area contributed by atoms with Crippen LogP contribution in [0, 0.1) is 6.92 Å². The Morgan fingerprint density at radius 3 is 2.91 bits per heavy atom. The molecule has 1 amide bonds. The quantitative estimate of drug-likeness (QED) is 0.883. The van der Waals surface area contributed by atoms with Crippen molar-refractivity contribution in [2.45, 2.75) is 19.6 Å². The second-order valence-corrected chi connectivity index (χ2v) is 5.43. The van der Waals surface area contributed by atoms with Crippen LogP contribution in [0.2, 0.25) is 5.15 Å². The molecule has 2 heterocycles. The van der Waals surface area contributed by atoms with Crippen LogP contribution in [0.1, 0.15) is 11.3 Å². The Balaban J connectivity index is 1.61. The summed E-state index contributed by atoms with van der Waals surface area (Å²) in [6, 6.07) is 10.9. The minimum atomic E-state index is -0.671. The Hall–Kier alpha value is -2.27. The van der Waals surface area contributed by atoms with Gasteiger partial charge in [-0.2, -0.15) is 0 Å². The van der Waals surface area contributed by atoms with Crippen molar-refractivity contribution < 1.29 is 14.3 Å². The third-order valence-electron chi connectivity index (χ3n) is 3.24. The third-order valence-corrected chi connectivity index (χ3v) is 3.43. The number of pyridine rings is 1. The smallest absolute Gasteiger partial charge is 0.265 e. The number of fused-ring (bicyclic) bond motifs is 1. The molecule has 0 fully saturated rings. The summed E-state index contributed by atoms with van der Waals surface area (Å²) in [7, 11) is 0. The molecule has 1 aliphatic heterocycles. The van der Waals surface area contributed by atoms with E-state index in [0.29, 0.717) is 28.9 Å². The molecule has 6 heteroatoms. The molecule has 2 aromatic rings. The maximum Gasteiger partial charge on any atom is 0.265 e. The fourth-order valence-electron chi connectivity index (χ4n) is 2.22. The summed E-state index contributed by atoms with van der Waals surface area (Å²) in [5.74, 6) is 0.984. The zero-order valence-electron chi connectivity index (χ0n) is 12.0. The van der Waals surface area contributed by atoms with Gasteiger partial charge in [-0.05, 0) is 36.8 Å². The van der Waals surface area contributed by atoms with E-state index in [4.69, 9.17) is 21.1 Å². The van der Waals surface area contributed by atoms with E-state index in [-0.39, 0.29) is 12.5 Å². The van der Waals surface area contributed by atoms with Crippen LogP contribution in [0.15, 0.2) is 36.4 Å². The maximum atomic E-state index is 12.2. The Morgan fingerprint density at radius 2 is 2.14 bits per heavy atom. The minimum absolute atomic E-state index is 0.185. The van der Waals surface area contributed by atoms with Crippen LogP contribution >= 0.6 is 11.6 Å². The van der Waals surface area contributed by atoms with Crippen LogP contribution in [0.25, 0.3) is 0 Å². The van der Waals surface area contributed by atoms with Crippen molar-refractivity contribution in [2.75, 3.05) is 6.61 Å². The van der Waals surface area contributed by atoms with Crippen LogP contribution in [-0.4, -0.2) is 23.6 Å². The number of aromatic nitrogens is 1. The van der Waals surface area contributed by atoms with Crippen molar-refractivity contribution >= 4 is 17.5 Å². The van der Waals surface area contributed by atoms with Crippen LogP contribution in [-0.2, 0) is 11.3 Å². The molecule has 1 atom stereocenters. The van der Waals surface area contributed by atoms with E-state index >= 15 is 0 Å². The highest BCUT2D eigenvalue weighted by molar-refractivity contribution is 6.29. The monoisotopic (exact) mass is 318 g/mol. The standard InChI is InChI=1S/C16H15ClN2O3/c1-10-6-11(19-15(17)7-10)8-18-16(20)14-9-21-12-4-2-3-5-13(12)22-14/h2-7,14H,8-9H2,1H3,(H,18,20). The molecule has 1 unspecified atom stereocenters. The van der Waals surface area contributed by atoms with Crippen LogP contribution in [0.5, 0.6) is 11.5 Å². The van der Waals surface area contributed by atoms with Crippen molar-refractivity contribution in [3.8, 4) is 11.5 Å². The normalized spacial score (nSPS) is 16.2. The third kappa shape index (κ3) is 3.31. The van der Waals surface area contributed by atoms with Crippen LogP contribution < -0.4 is 14.8 Å². The van der Waals surface area contributed by atoms with E-state index in [1.807, 2.05) is 31.2 Å². The minimum Gasteiger partial charge on any atom is -0.485 e. The number of nitrogens with one attached hydrogen (secondary N) is 1. The number of amides is 1. The van der Waals surface area contributed by atoms with Gasteiger partial charge in [-0.3, -0.25) is 4.79 Å². The molecule has 22 heavy (non-hydrogen) atoms. The first-order valence-corrected chi connectivity index (χ1v) is 7.29. The summed E-state index contributed by atoms with van der Waals surface area (Å²) < 4.78 is 11.2. The number of nitrogens with zero attached hydrogens (tertiary/aromatic N) is 1. The lowest BCUT2D eigenvalue weighted by atomic mass is 10.2. The fourth-order valence-corrected chi connectivity index (χ4v) is 2.51. The van der Waals surface area contributed by atoms with Crippen molar-refractivity contribution in [1.29, 1.82) is 0 Å². The first-order valence-electron chi connectivity index (χ1n) is 6.91. The van der Waals surface area contributed by atoms with Gasteiger partial charge < -0.3 is 14.8 Å². The van der Waals surface area contributed by atoms with Crippen molar-refractivity contribution in [3.05, 3.63) is 52.8 Å². The highest BCUT2D eigenvalue weighted by atomic mass is 35.5. The molecular weight excluding hydrogens is 304 g/mol. The number of rotatable bonds is 3. The number of hydrogen-bond donors (Lipinski definition) is 1. The molecule has 5 nitrogen and oxygen atoms in total. The van der Waals surface area contributed by atoms with E-state index in [0.717, 1.165) is 5.56 Å². The molecule has 0 saturated carbocycles. The van der Waals surface area contributed by atoms with Gasteiger partial charge in [-0.15, -0.1) is 0 Å². The predicted octanol–water partition coefficient (Wildman–Crippen LogP) is 2.50. The van der Waals surface area contributed by atoms with Gasteiger partial charge in [0.05, 0.1) is 12.2 Å². The van der Waals surface area contributed by atoms with Gasteiger partial charge in [0.15, 0.2) is 11.5 Å². The van der Waals surface area contributed by atoms with Crippen LogP contribution in [0.4, 0.5) is 0 Å². The molecule has 3 rings (SSSR count). The highest BCUT2D eigenvalue weighted by Crippen LogP contribution is 2.30. The number of carbonyl (C=O) groups is 1. The molecule has 1 aromatic carbocycles. The summed E-state index contributed by atoms with van der Waals surface area (Å²) >= 11 is 5.90. The van der Waals surface area contributed by atoms with Gasteiger partial charge in [-0.25, -0.2) is 4.98 Å². The molecule has 0 radical (unpaired) electrons. The summed E-state index contributed by atoms with van der Waals surface area (Å²) in [6.07, 6.45) is -0.671. The van der Waals surface area contributed by atoms with Gasteiger partial charge in [0, 0.05) is 0 Å². The lowest BCUT2D eigenvalue weighted by Crippen LogP contribution is -2.43. The Labute approximate surface area is 133 Å². The van der Waals surface area contributed by atoms with E-state index < -0.39 is 6.10 Å². The molecule has 1 aromatic heterocycles. The van der Waals surface area contributed by atoms with E-state index in [9.17, 15) is 4.79 Å². The number of halogens is 1. The molecule has 114 valence electrons. The summed E-state index contributed by atoms with van der Waals surface area (Å²) in [6.45, 7) is 2.40. The van der Waals surface area contributed by atoms with Crippen molar-refractivity contribution in [2.24, 2.45) is 0 Å². The molecule has 0 spiro atoms. The van der Waals surface area contributed by atoms with Crippen LogP contribution in [0.3, 0.4) is 0 Å². The lowest BCUT2D eigenvalue weighted by molar-refractivity contribution is -0.130. The average Bonchev–Trinajstić information content (AvgIpc) is 2.51. The van der Waals surface area contributed by atoms with Gasteiger partial charge in [0.25, 0.3) is 5.91 Å². The maximum absolute atomic E-state index is 12.2. The SMILES string of the molecule is Cc1cc(Cl)nc(CNC(=O)C2COc3ccccc3O2)c1. The number of benzene rings is 1. The number of ether oxygens (including phenoxy) is 2. The van der Waals surface area contributed by atoms with Crippen molar-refractivity contribution in [3.63, 3.8) is 0 Å². The second kappa shape index (κ2) is 6.23. The van der Waals surface area contributed by atoms with Gasteiger partial charge in [0.2, 0.25) is 6.10 Å². The number of para-hydroxylation sites is 2. The highest BCUT2D eigenvalue weighted by Gasteiger charge is 2.27. The summed E-state index contributed by atoms with van der Waals surface area (Å²) in [4.78, 5) is 16.3. The zero-order valence-corrected chi connectivity index (χ0v) is 12.8. The average molecular weight is 319 g/mol. The predicted molar refractivity (Wildman–Crippen MR) is 82.2 cm³/mol. The Morgan fingerprint density at radius 1 is 1.36 bits per heavy atom. The topological polar surface area (TPSA) is 60.5 Å². The van der Waals surface area contributed by atoms with Crippen molar-refractivity contribution in [1.82, 2.24) is 10.3 Å². The molecule has 0 saturated heterocycles. The number of aryl methyl sites for hydroxylation is 1. The molecular formula is C16H15ClN2O3. The molecule has 0 aliphatic carbocycles. The Kier molecular flexibility index (Phi) is 4.15. The lowest BCUT2D eigenvalue weighted by Gasteiger charge is -2.25. The second-order valence-electron chi connectivity index (χ2n) is 5.04. The first-order chi connectivity index (χ1) is 10.6. The van der Waals surface area contributed by atoms with Gasteiger partial charge in [-0.1, -0.05) is 23.7 Å².